The fourth-order valence-electron chi connectivity index (χ4n) is 2.80. The number of halogens is 2. The molecule has 0 aliphatic rings. The second-order valence-electron chi connectivity index (χ2n) is 6.60. The molecule has 0 spiro atoms. The molecule has 1 aromatic heterocycles. The second-order valence-corrected chi connectivity index (χ2v) is 7.66. The Labute approximate surface area is 160 Å². The number of carbonyl (C=O) groups is 1. The third-order valence-electron chi connectivity index (χ3n) is 4.76. The highest BCUT2D eigenvalue weighted by atomic mass is 32.1. The topological polar surface area (TPSA) is 49.8 Å². The van der Waals surface area contributed by atoms with Gasteiger partial charge < -0.3 is 10.2 Å². The molecule has 2 atom stereocenters. The smallest absolute Gasteiger partial charge is 0.278 e. The van der Waals surface area contributed by atoms with Crippen molar-refractivity contribution in [3.8, 4) is 0 Å². The van der Waals surface area contributed by atoms with Gasteiger partial charge in [-0.1, -0.05) is 12.1 Å². The summed E-state index contributed by atoms with van der Waals surface area (Å²) in [6, 6.07) is 11.4. The molecular weight excluding hydrogens is 368 g/mol. The van der Waals surface area contributed by atoms with Gasteiger partial charge in [-0.3, -0.25) is 4.79 Å². The number of fused-ring (bicyclic) bond motifs is 1. The van der Waals surface area contributed by atoms with Crippen molar-refractivity contribution in [2.75, 3.05) is 13.6 Å². The number of rotatable bonds is 6. The number of amides is 1. The molecule has 0 saturated heterocycles. The van der Waals surface area contributed by atoms with E-state index in [0.717, 1.165) is 21.3 Å². The third-order valence-corrected chi connectivity index (χ3v) is 5.96. The van der Waals surface area contributed by atoms with Crippen LogP contribution in [0.1, 0.15) is 36.5 Å². The lowest BCUT2D eigenvalue weighted by molar-refractivity contribution is -0.683. The van der Waals surface area contributed by atoms with E-state index >= 15 is 0 Å². The quantitative estimate of drug-likeness (QED) is 0.701. The molecule has 0 fully saturated rings. The van der Waals surface area contributed by atoms with Gasteiger partial charge in [0.15, 0.2) is 18.2 Å². The zero-order valence-electron chi connectivity index (χ0n) is 15.4. The summed E-state index contributed by atoms with van der Waals surface area (Å²) in [7, 11) is 1.76. The fraction of sp³-hybridized carbons (Fsp3) is 0.300. The predicted octanol–water partition coefficient (Wildman–Crippen LogP) is 3.42. The van der Waals surface area contributed by atoms with E-state index < -0.39 is 11.6 Å². The summed E-state index contributed by atoms with van der Waals surface area (Å²) < 4.78 is 27.5. The Morgan fingerprint density at radius 1 is 1.19 bits per heavy atom. The van der Waals surface area contributed by atoms with Gasteiger partial charge in [-0.2, -0.15) is 0 Å². The average Bonchev–Trinajstić information content (AvgIpc) is 3.11. The van der Waals surface area contributed by atoms with Gasteiger partial charge in [0.05, 0.1) is 16.3 Å². The fourth-order valence-corrected chi connectivity index (χ4v) is 3.87. The van der Waals surface area contributed by atoms with Crippen molar-refractivity contribution < 1.29 is 18.9 Å². The molecule has 3 rings (SSSR count). The molecule has 4 nitrogen and oxygen atoms in total. The van der Waals surface area contributed by atoms with E-state index in [1.165, 1.54) is 12.1 Å². The molecule has 0 saturated carbocycles. The van der Waals surface area contributed by atoms with E-state index in [2.05, 4.69) is 4.98 Å². The molecule has 142 valence electrons. The number of carbonyl (C=O) groups excluding carboxylic acids is 1. The Morgan fingerprint density at radius 2 is 1.93 bits per heavy atom. The molecule has 0 aliphatic heterocycles. The van der Waals surface area contributed by atoms with Crippen LogP contribution in [0.3, 0.4) is 0 Å². The largest absolute Gasteiger partial charge is 0.333 e. The molecule has 1 amide bonds. The minimum Gasteiger partial charge on any atom is -0.333 e. The van der Waals surface area contributed by atoms with Gasteiger partial charge in [0, 0.05) is 12.6 Å². The van der Waals surface area contributed by atoms with E-state index in [-0.39, 0.29) is 24.5 Å². The molecule has 0 aliphatic carbocycles. The van der Waals surface area contributed by atoms with Crippen LogP contribution in [0.15, 0.2) is 42.5 Å². The third kappa shape index (κ3) is 4.31. The number of hydrogen-bond donors (Lipinski definition) is 1. The maximum Gasteiger partial charge on any atom is 0.278 e. The van der Waals surface area contributed by atoms with Gasteiger partial charge in [0.1, 0.15) is 11.0 Å². The summed E-state index contributed by atoms with van der Waals surface area (Å²) in [6.45, 7) is 4.03. The van der Waals surface area contributed by atoms with Gasteiger partial charge in [-0.15, -0.1) is 11.3 Å². The minimum absolute atomic E-state index is 0.0452. The van der Waals surface area contributed by atoms with Crippen LogP contribution >= 0.6 is 11.3 Å². The lowest BCUT2D eigenvalue weighted by Gasteiger charge is -2.23. The number of para-hydroxylation sites is 1. The van der Waals surface area contributed by atoms with E-state index in [0.29, 0.717) is 5.56 Å². The summed E-state index contributed by atoms with van der Waals surface area (Å²) in [5, 5.41) is 2.71. The lowest BCUT2D eigenvalue weighted by atomic mass is 10.1. The molecule has 7 heteroatoms. The van der Waals surface area contributed by atoms with E-state index in [9.17, 15) is 13.6 Å². The van der Waals surface area contributed by atoms with Crippen LogP contribution in [0.5, 0.6) is 0 Å². The normalized spacial score (nSPS) is 13.5. The number of thiazole rings is 1. The first-order valence-electron chi connectivity index (χ1n) is 8.76. The van der Waals surface area contributed by atoms with Gasteiger partial charge in [-0.25, -0.2) is 13.8 Å². The van der Waals surface area contributed by atoms with Gasteiger partial charge >= 0.3 is 0 Å². The number of aromatic nitrogens is 1. The zero-order valence-corrected chi connectivity index (χ0v) is 16.3. The first-order valence-corrected chi connectivity index (χ1v) is 9.58. The highest BCUT2D eigenvalue weighted by Crippen LogP contribution is 2.28. The molecule has 0 unspecified atom stereocenters. The standard InChI is InChI=1S/C20H21F2N3OS/c1-12(14-8-9-15(21)16(22)10-14)23-11-19(26)25(3)13(2)20-24-17-6-4-5-7-18(17)27-20/h4-10,12-13,23H,11H2,1-3H3/p+1/t12-,13+/m0/s1. The molecule has 2 aromatic carbocycles. The van der Waals surface area contributed by atoms with Crippen molar-refractivity contribution in [3.05, 3.63) is 64.7 Å². The molecule has 2 N–H and O–H groups in total. The highest BCUT2D eigenvalue weighted by molar-refractivity contribution is 7.18. The Morgan fingerprint density at radius 3 is 2.63 bits per heavy atom. The molecule has 0 bridgehead atoms. The van der Waals surface area contributed by atoms with Crippen molar-refractivity contribution in [1.82, 2.24) is 9.88 Å². The molecule has 3 aromatic rings. The van der Waals surface area contributed by atoms with Crippen LogP contribution in [0, 0.1) is 11.6 Å². The Balaban J connectivity index is 1.61. The number of hydrogen-bond acceptors (Lipinski definition) is 3. The minimum atomic E-state index is -0.874. The molecule has 27 heavy (non-hydrogen) atoms. The van der Waals surface area contributed by atoms with E-state index in [4.69, 9.17) is 0 Å². The van der Waals surface area contributed by atoms with Crippen molar-refractivity contribution in [3.63, 3.8) is 0 Å². The number of nitrogens with two attached hydrogens (primary N) is 1. The van der Waals surface area contributed by atoms with Crippen molar-refractivity contribution in [2.45, 2.75) is 25.9 Å². The van der Waals surface area contributed by atoms with Gasteiger partial charge in [0.25, 0.3) is 5.91 Å². The van der Waals surface area contributed by atoms with Crippen molar-refractivity contribution in [2.24, 2.45) is 0 Å². The van der Waals surface area contributed by atoms with E-state index in [1.807, 2.05) is 43.4 Å². The summed E-state index contributed by atoms with van der Waals surface area (Å²) in [4.78, 5) is 18.9. The SMILES string of the molecule is C[C@H]([NH2+]CC(=O)N(C)[C@H](C)c1nc2ccccc2s1)c1ccc(F)c(F)c1. The Kier molecular flexibility index (Phi) is 5.82. The summed E-state index contributed by atoms with van der Waals surface area (Å²) >= 11 is 1.58. The highest BCUT2D eigenvalue weighted by Gasteiger charge is 2.22. The number of nitrogens with zero attached hydrogens (tertiary/aromatic N) is 2. The Bertz CT molecular complexity index is 926. The number of benzene rings is 2. The van der Waals surface area contributed by atoms with Crippen LogP contribution in [0.2, 0.25) is 0 Å². The van der Waals surface area contributed by atoms with E-state index in [1.54, 1.807) is 23.3 Å². The van der Waals surface area contributed by atoms with Crippen LogP contribution in [0.25, 0.3) is 10.2 Å². The van der Waals surface area contributed by atoms with Crippen LogP contribution < -0.4 is 5.32 Å². The number of quaternary nitrogens is 1. The first kappa shape index (κ1) is 19.4. The summed E-state index contributed by atoms with van der Waals surface area (Å²) in [5.41, 5.74) is 1.58. The maximum atomic E-state index is 13.4. The van der Waals surface area contributed by atoms with Crippen LogP contribution in [0.4, 0.5) is 8.78 Å². The predicted molar refractivity (Wildman–Crippen MR) is 102 cm³/mol. The van der Waals surface area contributed by atoms with Crippen molar-refractivity contribution >= 4 is 27.5 Å². The number of likely N-dealkylation sites (N-methyl/N-ethyl adjacent to an activating group) is 1. The lowest BCUT2D eigenvalue weighted by Crippen LogP contribution is -2.87. The van der Waals surface area contributed by atoms with Gasteiger partial charge in [0.2, 0.25) is 0 Å². The summed E-state index contributed by atoms with van der Waals surface area (Å²) in [6.07, 6.45) is 0. The molecule has 0 radical (unpaired) electrons. The van der Waals surface area contributed by atoms with Crippen LogP contribution in [-0.4, -0.2) is 29.4 Å². The maximum absolute atomic E-state index is 13.4. The van der Waals surface area contributed by atoms with Crippen LogP contribution in [-0.2, 0) is 4.79 Å². The monoisotopic (exact) mass is 390 g/mol. The Hall–Kier alpha value is -2.38. The summed E-state index contributed by atoms with van der Waals surface area (Å²) in [5.74, 6) is -1.79. The zero-order chi connectivity index (χ0) is 19.6. The first-order chi connectivity index (χ1) is 12.9. The molecule has 1 heterocycles. The van der Waals surface area contributed by atoms with Crippen molar-refractivity contribution in [1.29, 1.82) is 0 Å². The van der Waals surface area contributed by atoms with Gasteiger partial charge in [-0.05, 0) is 44.2 Å². The average molecular weight is 390 g/mol. The molecular formula is C20H22F2N3OS+. The second kappa shape index (κ2) is 8.10.